The van der Waals surface area contributed by atoms with E-state index >= 15 is 0 Å². The van der Waals surface area contributed by atoms with Gasteiger partial charge < -0.3 is 5.73 Å². The van der Waals surface area contributed by atoms with Gasteiger partial charge in [-0.05, 0) is 32.7 Å². The summed E-state index contributed by atoms with van der Waals surface area (Å²) in [7, 11) is 0. The molecule has 2 heteroatoms. The molecule has 1 fully saturated rings. The van der Waals surface area contributed by atoms with Crippen LogP contribution in [0, 0.1) is 0 Å². The summed E-state index contributed by atoms with van der Waals surface area (Å²) < 4.78 is 0. The number of likely N-dealkylation sites (tertiary alicyclic amines) is 1. The van der Waals surface area contributed by atoms with E-state index in [1.54, 1.807) is 0 Å². The third-order valence-corrected chi connectivity index (χ3v) is 2.95. The van der Waals surface area contributed by atoms with Gasteiger partial charge in [0, 0.05) is 18.6 Å². The Morgan fingerprint density at radius 1 is 1.50 bits per heavy atom. The Labute approximate surface area is 76.1 Å². The summed E-state index contributed by atoms with van der Waals surface area (Å²) in [5, 5.41) is 0. The molecule has 1 rings (SSSR count). The first-order valence-corrected chi connectivity index (χ1v) is 5.23. The van der Waals surface area contributed by atoms with E-state index in [9.17, 15) is 0 Å². The van der Waals surface area contributed by atoms with Gasteiger partial charge in [0.25, 0.3) is 0 Å². The Kier molecular flexibility index (Phi) is 4.02. The van der Waals surface area contributed by atoms with Gasteiger partial charge in [0.1, 0.15) is 0 Å². The Morgan fingerprint density at radius 3 is 2.92 bits per heavy atom. The molecule has 1 saturated heterocycles. The van der Waals surface area contributed by atoms with Gasteiger partial charge in [0.2, 0.25) is 0 Å². The van der Waals surface area contributed by atoms with Gasteiger partial charge in [0.15, 0.2) is 0 Å². The Balaban J connectivity index is 2.40. The van der Waals surface area contributed by atoms with Gasteiger partial charge in [-0.2, -0.15) is 0 Å². The molecule has 0 aromatic rings. The summed E-state index contributed by atoms with van der Waals surface area (Å²) in [4.78, 5) is 2.54. The van der Waals surface area contributed by atoms with Gasteiger partial charge in [-0.3, -0.25) is 4.90 Å². The van der Waals surface area contributed by atoms with E-state index in [4.69, 9.17) is 5.73 Å². The van der Waals surface area contributed by atoms with Crippen molar-refractivity contribution in [1.82, 2.24) is 4.90 Å². The van der Waals surface area contributed by atoms with Crippen molar-refractivity contribution in [2.75, 3.05) is 13.1 Å². The maximum atomic E-state index is 5.98. The first kappa shape index (κ1) is 10.0. The first-order chi connectivity index (χ1) is 5.74. The fraction of sp³-hybridized carbons (Fsp3) is 1.00. The maximum absolute atomic E-state index is 5.98. The highest BCUT2D eigenvalue weighted by Gasteiger charge is 2.17. The second kappa shape index (κ2) is 4.83. The smallest absolute Gasteiger partial charge is 0.0167 e. The molecular formula is C10H22N2. The monoisotopic (exact) mass is 170 g/mol. The molecule has 0 aliphatic carbocycles. The SMILES string of the molecule is CCC(C)N1CCCCC(N)C1. The van der Waals surface area contributed by atoms with Crippen LogP contribution in [-0.2, 0) is 0 Å². The zero-order valence-corrected chi connectivity index (χ0v) is 8.42. The number of nitrogens with two attached hydrogens (primary N) is 1. The van der Waals surface area contributed by atoms with Crippen LogP contribution in [0.4, 0.5) is 0 Å². The van der Waals surface area contributed by atoms with Crippen LogP contribution in [0.3, 0.4) is 0 Å². The van der Waals surface area contributed by atoms with Crippen LogP contribution in [0.5, 0.6) is 0 Å². The van der Waals surface area contributed by atoms with E-state index in [1.165, 1.54) is 32.2 Å². The lowest BCUT2D eigenvalue weighted by molar-refractivity contribution is 0.204. The van der Waals surface area contributed by atoms with Crippen molar-refractivity contribution >= 4 is 0 Å². The molecule has 2 unspecified atom stereocenters. The van der Waals surface area contributed by atoms with E-state index < -0.39 is 0 Å². The van der Waals surface area contributed by atoms with Gasteiger partial charge in [-0.25, -0.2) is 0 Å². The number of rotatable bonds is 2. The fourth-order valence-corrected chi connectivity index (χ4v) is 1.86. The van der Waals surface area contributed by atoms with Crippen molar-refractivity contribution in [2.24, 2.45) is 5.73 Å². The summed E-state index contributed by atoms with van der Waals surface area (Å²) in [6.07, 6.45) is 5.10. The average molecular weight is 170 g/mol. The average Bonchev–Trinajstić information content (AvgIpc) is 2.28. The predicted octanol–water partition coefficient (Wildman–Crippen LogP) is 1.60. The van der Waals surface area contributed by atoms with Crippen molar-refractivity contribution in [3.05, 3.63) is 0 Å². The zero-order chi connectivity index (χ0) is 8.97. The minimum atomic E-state index is 0.418. The fourth-order valence-electron chi connectivity index (χ4n) is 1.86. The van der Waals surface area contributed by atoms with E-state index in [0.717, 1.165) is 6.54 Å². The summed E-state index contributed by atoms with van der Waals surface area (Å²) in [5.41, 5.74) is 5.98. The quantitative estimate of drug-likeness (QED) is 0.682. The molecule has 1 aliphatic heterocycles. The highest BCUT2D eigenvalue weighted by molar-refractivity contribution is 4.76. The van der Waals surface area contributed by atoms with Crippen LogP contribution in [-0.4, -0.2) is 30.1 Å². The molecule has 0 amide bonds. The normalized spacial score (nSPS) is 29.8. The van der Waals surface area contributed by atoms with Crippen LogP contribution in [0.1, 0.15) is 39.5 Å². The standard InChI is InChI=1S/C10H22N2/c1-3-9(2)12-7-5-4-6-10(11)8-12/h9-10H,3-8,11H2,1-2H3. The second-order valence-electron chi connectivity index (χ2n) is 4.01. The molecule has 0 spiro atoms. The van der Waals surface area contributed by atoms with Gasteiger partial charge in [0.05, 0.1) is 0 Å². The van der Waals surface area contributed by atoms with Crippen molar-refractivity contribution in [2.45, 2.75) is 51.6 Å². The second-order valence-corrected chi connectivity index (χ2v) is 4.01. The van der Waals surface area contributed by atoms with E-state index in [1.807, 2.05) is 0 Å². The molecule has 2 N–H and O–H groups in total. The molecule has 2 nitrogen and oxygen atoms in total. The lowest BCUT2D eigenvalue weighted by atomic mass is 10.1. The highest BCUT2D eigenvalue weighted by Crippen LogP contribution is 2.13. The van der Waals surface area contributed by atoms with Gasteiger partial charge >= 0.3 is 0 Å². The molecular weight excluding hydrogens is 148 g/mol. The summed E-state index contributed by atoms with van der Waals surface area (Å²) in [5.74, 6) is 0. The van der Waals surface area contributed by atoms with Gasteiger partial charge in [-0.15, -0.1) is 0 Å². The largest absolute Gasteiger partial charge is 0.327 e. The molecule has 0 aromatic heterocycles. The van der Waals surface area contributed by atoms with Crippen LogP contribution < -0.4 is 5.73 Å². The summed E-state index contributed by atoms with van der Waals surface area (Å²) >= 11 is 0. The van der Waals surface area contributed by atoms with E-state index in [-0.39, 0.29) is 0 Å². The third-order valence-electron chi connectivity index (χ3n) is 2.95. The van der Waals surface area contributed by atoms with Crippen molar-refractivity contribution in [3.8, 4) is 0 Å². The Hall–Kier alpha value is -0.0800. The molecule has 0 aromatic carbocycles. The molecule has 0 bridgehead atoms. The molecule has 1 heterocycles. The summed E-state index contributed by atoms with van der Waals surface area (Å²) in [6, 6.07) is 1.13. The van der Waals surface area contributed by atoms with Crippen molar-refractivity contribution < 1.29 is 0 Å². The van der Waals surface area contributed by atoms with Crippen LogP contribution >= 0.6 is 0 Å². The van der Waals surface area contributed by atoms with Crippen LogP contribution in [0.15, 0.2) is 0 Å². The van der Waals surface area contributed by atoms with Crippen molar-refractivity contribution in [1.29, 1.82) is 0 Å². The Bertz CT molecular complexity index is 125. The first-order valence-electron chi connectivity index (χ1n) is 5.23. The number of hydrogen-bond acceptors (Lipinski definition) is 2. The predicted molar refractivity (Wildman–Crippen MR) is 53.2 cm³/mol. The Morgan fingerprint density at radius 2 is 2.25 bits per heavy atom. The molecule has 0 saturated carbocycles. The minimum Gasteiger partial charge on any atom is -0.327 e. The maximum Gasteiger partial charge on any atom is 0.0167 e. The number of nitrogens with zero attached hydrogens (tertiary/aromatic N) is 1. The van der Waals surface area contributed by atoms with Crippen LogP contribution in [0.2, 0.25) is 0 Å². The topological polar surface area (TPSA) is 29.3 Å². The minimum absolute atomic E-state index is 0.418. The molecule has 2 atom stereocenters. The summed E-state index contributed by atoms with van der Waals surface area (Å²) in [6.45, 7) is 6.91. The van der Waals surface area contributed by atoms with Crippen molar-refractivity contribution in [3.63, 3.8) is 0 Å². The lowest BCUT2D eigenvalue weighted by Gasteiger charge is -2.28. The lowest BCUT2D eigenvalue weighted by Crippen LogP contribution is -2.40. The van der Waals surface area contributed by atoms with E-state index in [0.29, 0.717) is 12.1 Å². The highest BCUT2D eigenvalue weighted by atomic mass is 15.2. The molecule has 1 aliphatic rings. The molecule has 12 heavy (non-hydrogen) atoms. The zero-order valence-electron chi connectivity index (χ0n) is 8.42. The number of hydrogen-bond donors (Lipinski definition) is 1. The van der Waals surface area contributed by atoms with Crippen LogP contribution in [0.25, 0.3) is 0 Å². The van der Waals surface area contributed by atoms with E-state index in [2.05, 4.69) is 18.7 Å². The van der Waals surface area contributed by atoms with Gasteiger partial charge in [-0.1, -0.05) is 13.3 Å². The third kappa shape index (κ3) is 2.76. The molecule has 72 valence electrons. The molecule has 0 radical (unpaired) electrons.